The zero-order valence-electron chi connectivity index (χ0n) is 14.8. The van der Waals surface area contributed by atoms with Gasteiger partial charge in [0.15, 0.2) is 0 Å². The van der Waals surface area contributed by atoms with E-state index in [2.05, 4.69) is 13.8 Å². The van der Waals surface area contributed by atoms with Crippen LogP contribution in [0.5, 0.6) is 0 Å². The lowest BCUT2D eigenvalue weighted by molar-refractivity contribution is -0.109. The van der Waals surface area contributed by atoms with E-state index in [4.69, 9.17) is 9.47 Å². The van der Waals surface area contributed by atoms with Crippen LogP contribution in [0.25, 0.3) is 0 Å². The molecule has 0 N–H and O–H groups in total. The minimum Gasteiger partial charge on any atom is -0.375 e. The summed E-state index contributed by atoms with van der Waals surface area (Å²) in [5, 5.41) is 0. The highest BCUT2D eigenvalue weighted by molar-refractivity contribution is 4.80. The fraction of sp³-hybridized carbons (Fsp3) is 1.00. The van der Waals surface area contributed by atoms with E-state index in [0.717, 1.165) is 18.3 Å². The zero-order valence-corrected chi connectivity index (χ0v) is 14.8. The lowest BCUT2D eigenvalue weighted by atomic mass is 9.87. The van der Waals surface area contributed by atoms with Crippen molar-refractivity contribution in [3.8, 4) is 0 Å². The Morgan fingerprint density at radius 1 is 0.500 bits per heavy atom. The van der Waals surface area contributed by atoms with Crippen LogP contribution in [0.1, 0.15) is 90.9 Å². The maximum absolute atomic E-state index is 6.46. The van der Waals surface area contributed by atoms with Gasteiger partial charge in [-0.05, 0) is 63.2 Å². The van der Waals surface area contributed by atoms with E-state index in [9.17, 15) is 0 Å². The average Bonchev–Trinajstić information content (AvgIpc) is 2.47. The summed E-state index contributed by atoms with van der Waals surface area (Å²) < 4.78 is 12.9. The molecule has 0 bridgehead atoms. The third kappa shape index (κ3) is 4.96. The molecular formula is C20H36O2. The molecule has 0 spiro atoms. The molecule has 0 saturated heterocycles. The van der Waals surface area contributed by atoms with Gasteiger partial charge in [-0.15, -0.1) is 0 Å². The van der Waals surface area contributed by atoms with Crippen LogP contribution >= 0.6 is 0 Å². The second-order valence-electron chi connectivity index (χ2n) is 8.47. The maximum atomic E-state index is 6.46. The summed E-state index contributed by atoms with van der Waals surface area (Å²) >= 11 is 0. The molecule has 6 atom stereocenters. The molecule has 2 nitrogen and oxygen atoms in total. The first-order valence-corrected chi connectivity index (χ1v) is 10.00. The summed E-state index contributed by atoms with van der Waals surface area (Å²) in [6.07, 6.45) is 17.6. The monoisotopic (exact) mass is 308 g/mol. The highest BCUT2D eigenvalue weighted by Crippen LogP contribution is 2.33. The molecule has 0 aromatic carbocycles. The van der Waals surface area contributed by atoms with Crippen LogP contribution in [0.3, 0.4) is 0 Å². The number of hydrogen-bond acceptors (Lipinski definition) is 2. The Morgan fingerprint density at radius 3 is 1.27 bits per heavy atom. The topological polar surface area (TPSA) is 18.5 Å². The highest BCUT2D eigenvalue weighted by Gasteiger charge is 2.30. The van der Waals surface area contributed by atoms with E-state index in [1.807, 2.05) is 0 Å². The lowest BCUT2D eigenvalue weighted by Crippen LogP contribution is -2.35. The van der Waals surface area contributed by atoms with E-state index < -0.39 is 0 Å². The van der Waals surface area contributed by atoms with Gasteiger partial charge in [0, 0.05) is 0 Å². The van der Waals surface area contributed by atoms with Gasteiger partial charge < -0.3 is 9.47 Å². The lowest BCUT2D eigenvalue weighted by Gasteiger charge is -2.37. The molecule has 3 rings (SSSR count). The fourth-order valence-electron chi connectivity index (χ4n) is 4.90. The smallest absolute Gasteiger partial charge is 0.0603 e. The van der Waals surface area contributed by atoms with Crippen molar-refractivity contribution in [3.63, 3.8) is 0 Å². The molecule has 6 unspecified atom stereocenters. The van der Waals surface area contributed by atoms with Crippen molar-refractivity contribution in [2.75, 3.05) is 0 Å². The Balaban J connectivity index is 1.42. The highest BCUT2D eigenvalue weighted by atomic mass is 16.5. The standard InChI is InChI=1S/C20H36O2/c1-15-6-3-8-17(12-15)21-19-10-5-11-20(14-19)22-18-9-4-7-16(2)13-18/h15-20H,3-14H2,1-2H3. The van der Waals surface area contributed by atoms with Crippen LogP contribution < -0.4 is 0 Å². The van der Waals surface area contributed by atoms with Gasteiger partial charge in [0.2, 0.25) is 0 Å². The minimum atomic E-state index is 0.468. The van der Waals surface area contributed by atoms with E-state index in [-0.39, 0.29) is 0 Å². The molecule has 3 saturated carbocycles. The first-order chi connectivity index (χ1) is 10.7. The van der Waals surface area contributed by atoms with Crippen molar-refractivity contribution < 1.29 is 9.47 Å². The van der Waals surface area contributed by atoms with Crippen LogP contribution in [0.4, 0.5) is 0 Å². The van der Waals surface area contributed by atoms with Gasteiger partial charge in [0.1, 0.15) is 0 Å². The minimum absolute atomic E-state index is 0.468. The number of ether oxygens (including phenoxy) is 2. The SMILES string of the molecule is CC1CCCC(OC2CCCC(OC3CCCC(C)C3)C2)C1. The van der Waals surface area contributed by atoms with Crippen molar-refractivity contribution >= 4 is 0 Å². The van der Waals surface area contributed by atoms with E-state index >= 15 is 0 Å². The van der Waals surface area contributed by atoms with Crippen LogP contribution in [-0.4, -0.2) is 24.4 Å². The fourth-order valence-corrected chi connectivity index (χ4v) is 4.90. The molecular weight excluding hydrogens is 272 g/mol. The van der Waals surface area contributed by atoms with Gasteiger partial charge in [-0.3, -0.25) is 0 Å². The Kier molecular flexibility index (Phi) is 6.21. The largest absolute Gasteiger partial charge is 0.375 e. The molecule has 0 radical (unpaired) electrons. The number of rotatable bonds is 4. The summed E-state index contributed by atoms with van der Waals surface area (Å²) in [5.74, 6) is 1.72. The molecule has 0 aliphatic heterocycles. The van der Waals surface area contributed by atoms with Gasteiger partial charge >= 0.3 is 0 Å². The van der Waals surface area contributed by atoms with Gasteiger partial charge in [-0.1, -0.05) is 39.5 Å². The van der Waals surface area contributed by atoms with Crippen molar-refractivity contribution in [2.24, 2.45) is 11.8 Å². The summed E-state index contributed by atoms with van der Waals surface area (Å²) in [7, 11) is 0. The Hall–Kier alpha value is -0.0800. The third-order valence-electron chi connectivity index (χ3n) is 6.12. The second-order valence-corrected chi connectivity index (χ2v) is 8.47. The van der Waals surface area contributed by atoms with Gasteiger partial charge in [0.25, 0.3) is 0 Å². The summed E-state index contributed by atoms with van der Waals surface area (Å²) in [6.45, 7) is 4.76. The zero-order chi connectivity index (χ0) is 15.4. The van der Waals surface area contributed by atoms with Crippen molar-refractivity contribution in [1.82, 2.24) is 0 Å². The van der Waals surface area contributed by atoms with E-state index in [1.165, 1.54) is 70.6 Å². The van der Waals surface area contributed by atoms with Gasteiger partial charge in [-0.2, -0.15) is 0 Å². The van der Waals surface area contributed by atoms with E-state index in [0.29, 0.717) is 24.4 Å². The van der Waals surface area contributed by atoms with Crippen LogP contribution in [0.15, 0.2) is 0 Å². The maximum Gasteiger partial charge on any atom is 0.0603 e. The predicted molar refractivity (Wildman–Crippen MR) is 91.1 cm³/mol. The molecule has 22 heavy (non-hydrogen) atoms. The molecule has 0 aromatic rings. The van der Waals surface area contributed by atoms with Gasteiger partial charge in [-0.25, -0.2) is 0 Å². The van der Waals surface area contributed by atoms with Crippen LogP contribution in [0, 0.1) is 11.8 Å². The molecule has 3 aliphatic carbocycles. The Morgan fingerprint density at radius 2 is 0.864 bits per heavy atom. The van der Waals surface area contributed by atoms with Crippen molar-refractivity contribution in [3.05, 3.63) is 0 Å². The number of hydrogen-bond donors (Lipinski definition) is 0. The van der Waals surface area contributed by atoms with E-state index in [1.54, 1.807) is 0 Å². The third-order valence-corrected chi connectivity index (χ3v) is 6.12. The van der Waals surface area contributed by atoms with Crippen molar-refractivity contribution in [2.45, 2.75) is 115 Å². The second kappa shape index (κ2) is 8.15. The molecule has 3 fully saturated rings. The molecule has 128 valence electrons. The van der Waals surface area contributed by atoms with Crippen LogP contribution in [0.2, 0.25) is 0 Å². The first kappa shape index (κ1) is 16.8. The first-order valence-electron chi connectivity index (χ1n) is 10.00. The predicted octanol–water partition coefficient (Wildman–Crippen LogP) is 5.49. The van der Waals surface area contributed by atoms with Gasteiger partial charge in [0.05, 0.1) is 24.4 Å². The quantitative estimate of drug-likeness (QED) is 0.684. The summed E-state index contributed by atoms with van der Waals surface area (Å²) in [4.78, 5) is 0. The average molecular weight is 309 g/mol. The normalized spacial score (nSPS) is 43.9. The molecule has 3 aliphatic rings. The molecule has 0 amide bonds. The van der Waals surface area contributed by atoms with Crippen molar-refractivity contribution in [1.29, 1.82) is 0 Å². The summed E-state index contributed by atoms with van der Waals surface area (Å²) in [5.41, 5.74) is 0. The van der Waals surface area contributed by atoms with Crippen LogP contribution in [-0.2, 0) is 9.47 Å². The summed E-state index contributed by atoms with van der Waals surface area (Å²) in [6, 6.07) is 0. The molecule has 0 heterocycles. The molecule has 2 heteroatoms. The Bertz CT molecular complexity index is 300. The Labute approximate surface area is 137 Å². The molecule has 0 aromatic heterocycles.